The molecule has 0 heterocycles. The van der Waals surface area contributed by atoms with Gasteiger partial charge in [0.25, 0.3) is 0 Å². The van der Waals surface area contributed by atoms with Gasteiger partial charge in [0, 0.05) is 6.07 Å². The maximum atomic E-state index is 6.35. The molecule has 0 spiro atoms. The molecule has 3 rings (SSSR count). The normalized spacial score (nSPS) is 12.9. The highest BCUT2D eigenvalue weighted by Gasteiger charge is 2.15. The number of hydrogen-bond acceptors (Lipinski definition) is 2. The van der Waals surface area contributed by atoms with Gasteiger partial charge in [-0.3, -0.25) is 0 Å². The van der Waals surface area contributed by atoms with Crippen molar-refractivity contribution in [1.29, 1.82) is 0 Å². The predicted octanol–water partition coefficient (Wildman–Crippen LogP) is 7.53. The van der Waals surface area contributed by atoms with Crippen molar-refractivity contribution in [3.63, 3.8) is 0 Å². The Morgan fingerprint density at radius 2 is 1.00 bits per heavy atom. The van der Waals surface area contributed by atoms with Crippen LogP contribution in [-0.4, -0.2) is 0 Å². The Morgan fingerprint density at radius 1 is 0.571 bits per heavy atom. The summed E-state index contributed by atoms with van der Waals surface area (Å²) in [5, 5.41) is 0. The minimum absolute atomic E-state index is 0.0574. The van der Waals surface area contributed by atoms with Gasteiger partial charge in [-0.2, -0.15) is 0 Å². The van der Waals surface area contributed by atoms with Gasteiger partial charge in [-0.25, -0.2) is 0 Å². The second-order valence-corrected chi connectivity index (χ2v) is 7.09. The van der Waals surface area contributed by atoms with Crippen molar-refractivity contribution in [3.05, 3.63) is 96.1 Å². The molecule has 0 radical (unpaired) electrons. The third-order valence-electron chi connectivity index (χ3n) is 4.81. The predicted molar refractivity (Wildman–Crippen MR) is 116 cm³/mol. The Bertz CT molecular complexity index is 747. The summed E-state index contributed by atoms with van der Waals surface area (Å²) in [5.74, 6) is 1.70. The van der Waals surface area contributed by atoms with Crippen molar-refractivity contribution >= 4 is 0 Å². The van der Waals surface area contributed by atoms with E-state index in [-0.39, 0.29) is 12.2 Å². The maximum Gasteiger partial charge on any atom is 0.124 e. The Morgan fingerprint density at radius 3 is 1.39 bits per heavy atom. The fourth-order valence-corrected chi connectivity index (χ4v) is 3.40. The molecule has 0 saturated carbocycles. The van der Waals surface area contributed by atoms with Crippen LogP contribution in [-0.2, 0) is 0 Å². The number of benzene rings is 3. The van der Waals surface area contributed by atoms with Crippen molar-refractivity contribution in [2.75, 3.05) is 0 Å². The summed E-state index contributed by atoms with van der Waals surface area (Å²) in [7, 11) is 0. The van der Waals surface area contributed by atoms with Gasteiger partial charge in [0.2, 0.25) is 0 Å². The highest BCUT2D eigenvalue weighted by Crippen LogP contribution is 2.31. The summed E-state index contributed by atoms with van der Waals surface area (Å²) in [5.41, 5.74) is 2.42. The van der Waals surface area contributed by atoms with Crippen molar-refractivity contribution in [2.24, 2.45) is 0 Å². The average molecular weight is 375 g/mol. The summed E-state index contributed by atoms with van der Waals surface area (Å²) >= 11 is 0. The fraction of sp³-hybridized carbons (Fsp3) is 0.308. The highest BCUT2D eigenvalue weighted by molar-refractivity contribution is 5.34. The van der Waals surface area contributed by atoms with Gasteiger partial charge >= 0.3 is 0 Å². The van der Waals surface area contributed by atoms with Gasteiger partial charge in [0.1, 0.15) is 23.7 Å². The van der Waals surface area contributed by atoms with Crippen molar-refractivity contribution < 1.29 is 9.47 Å². The van der Waals surface area contributed by atoms with E-state index < -0.39 is 0 Å². The van der Waals surface area contributed by atoms with Gasteiger partial charge in [-0.05, 0) is 36.1 Å². The zero-order valence-corrected chi connectivity index (χ0v) is 16.9. The molecule has 2 nitrogen and oxygen atoms in total. The van der Waals surface area contributed by atoms with E-state index >= 15 is 0 Å². The molecule has 0 aliphatic heterocycles. The van der Waals surface area contributed by atoms with Gasteiger partial charge in [-0.1, -0.05) is 93.4 Å². The largest absolute Gasteiger partial charge is 0.486 e. The summed E-state index contributed by atoms with van der Waals surface area (Å²) in [4.78, 5) is 0. The van der Waals surface area contributed by atoms with E-state index in [0.717, 1.165) is 37.2 Å². The smallest absolute Gasteiger partial charge is 0.124 e. The molecule has 0 aromatic heterocycles. The molecule has 0 saturated heterocycles. The molecule has 0 aliphatic rings. The molecule has 2 atom stereocenters. The van der Waals surface area contributed by atoms with Crippen LogP contribution in [0.1, 0.15) is 62.9 Å². The third kappa shape index (κ3) is 5.63. The topological polar surface area (TPSA) is 18.5 Å². The first-order valence-electron chi connectivity index (χ1n) is 10.3. The molecular formula is C26H30O2. The monoisotopic (exact) mass is 374 g/mol. The summed E-state index contributed by atoms with van der Waals surface area (Å²) < 4.78 is 12.7. The van der Waals surface area contributed by atoms with E-state index in [2.05, 4.69) is 62.4 Å². The van der Waals surface area contributed by atoms with Crippen molar-refractivity contribution in [1.82, 2.24) is 0 Å². The van der Waals surface area contributed by atoms with Crippen LogP contribution in [0.25, 0.3) is 0 Å². The Labute approximate surface area is 169 Å². The lowest BCUT2D eigenvalue weighted by Crippen LogP contribution is -2.09. The Balaban J connectivity index is 1.75. The minimum Gasteiger partial charge on any atom is -0.486 e. The maximum absolute atomic E-state index is 6.35. The average Bonchev–Trinajstić information content (AvgIpc) is 2.75. The third-order valence-corrected chi connectivity index (χ3v) is 4.81. The molecule has 0 fully saturated rings. The summed E-state index contributed by atoms with van der Waals surface area (Å²) in [6, 6.07) is 28.9. The standard InChI is InChI=1S/C26H30O2/c1-3-12-25(21-14-7-5-8-15-21)27-23-18-11-19-24(20-23)28-26(13-4-2)22-16-9-6-10-17-22/h5-11,14-20,25-26H,3-4,12-13H2,1-2H3. The van der Waals surface area contributed by atoms with Crippen LogP contribution in [0, 0.1) is 0 Å². The van der Waals surface area contributed by atoms with Crippen LogP contribution in [0.5, 0.6) is 11.5 Å². The van der Waals surface area contributed by atoms with Crippen LogP contribution < -0.4 is 9.47 Å². The molecule has 3 aromatic rings. The van der Waals surface area contributed by atoms with E-state index in [9.17, 15) is 0 Å². The van der Waals surface area contributed by atoms with E-state index in [1.54, 1.807) is 0 Å². The molecule has 0 N–H and O–H groups in total. The van der Waals surface area contributed by atoms with Crippen molar-refractivity contribution in [3.8, 4) is 11.5 Å². The van der Waals surface area contributed by atoms with E-state index in [0.29, 0.717) is 0 Å². The van der Waals surface area contributed by atoms with Gasteiger partial charge < -0.3 is 9.47 Å². The first-order chi connectivity index (χ1) is 13.8. The second-order valence-electron chi connectivity index (χ2n) is 7.09. The number of rotatable bonds is 10. The molecule has 2 unspecified atom stereocenters. The quantitative estimate of drug-likeness (QED) is 0.365. The molecule has 3 aromatic carbocycles. The van der Waals surface area contributed by atoms with Crippen molar-refractivity contribution in [2.45, 2.75) is 51.7 Å². The molecule has 2 heteroatoms. The molecule has 0 amide bonds. The van der Waals surface area contributed by atoms with Crippen LogP contribution in [0.4, 0.5) is 0 Å². The van der Waals surface area contributed by atoms with E-state index in [4.69, 9.17) is 9.47 Å². The molecule has 28 heavy (non-hydrogen) atoms. The van der Waals surface area contributed by atoms with E-state index in [1.807, 2.05) is 36.4 Å². The zero-order valence-electron chi connectivity index (χ0n) is 16.9. The SMILES string of the molecule is CCCC(Oc1cccc(OC(CCC)c2ccccc2)c1)c1ccccc1. The second kappa shape index (κ2) is 10.6. The number of hydrogen-bond donors (Lipinski definition) is 0. The molecule has 0 bridgehead atoms. The van der Waals surface area contributed by atoms with Gasteiger partial charge in [0.15, 0.2) is 0 Å². The minimum atomic E-state index is 0.0574. The first-order valence-corrected chi connectivity index (χ1v) is 10.3. The Kier molecular flexibility index (Phi) is 7.54. The lowest BCUT2D eigenvalue weighted by atomic mass is 10.0. The van der Waals surface area contributed by atoms with Crippen LogP contribution >= 0.6 is 0 Å². The van der Waals surface area contributed by atoms with Crippen LogP contribution in [0.3, 0.4) is 0 Å². The first kappa shape index (κ1) is 20.0. The number of ether oxygens (including phenoxy) is 2. The summed E-state index contributed by atoms with van der Waals surface area (Å²) in [6.07, 6.45) is 4.23. The zero-order chi connectivity index (χ0) is 19.6. The molecular weight excluding hydrogens is 344 g/mol. The highest BCUT2D eigenvalue weighted by atomic mass is 16.5. The lowest BCUT2D eigenvalue weighted by Gasteiger charge is -2.22. The lowest BCUT2D eigenvalue weighted by molar-refractivity contribution is 0.182. The molecule has 0 aliphatic carbocycles. The van der Waals surface area contributed by atoms with Gasteiger partial charge in [0.05, 0.1) is 0 Å². The Hall–Kier alpha value is -2.74. The molecule has 146 valence electrons. The van der Waals surface area contributed by atoms with Crippen LogP contribution in [0.15, 0.2) is 84.9 Å². The van der Waals surface area contributed by atoms with Gasteiger partial charge in [-0.15, -0.1) is 0 Å². The van der Waals surface area contributed by atoms with Crippen LogP contribution in [0.2, 0.25) is 0 Å². The fourth-order valence-electron chi connectivity index (χ4n) is 3.40. The van der Waals surface area contributed by atoms with E-state index in [1.165, 1.54) is 11.1 Å². The summed E-state index contributed by atoms with van der Waals surface area (Å²) in [6.45, 7) is 4.38.